The van der Waals surface area contributed by atoms with Crippen molar-refractivity contribution in [3.8, 4) is 0 Å². The zero-order chi connectivity index (χ0) is 54.7. The van der Waals surface area contributed by atoms with E-state index in [1.807, 2.05) is 6.08 Å². The van der Waals surface area contributed by atoms with E-state index in [0.29, 0.717) is 25.9 Å². The minimum Gasteiger partial charge on any atom is -0.469 e. The first-order valence-corrected chi connectivity index (χ1v) is 37.6. The van der Waals surface area contributed by atoms with Gasteiger partial charge in [0, 0.05) is 39.4 Å². The average molecular weight is 1110 g/mol. The molecule has 0 N–H and O–H groups in total. The van der Waals surface area contributed by atoms with Crippen LogP contribution in [0.15, 0.2) is 37.0 Å². The van der Waals surface area contributed by atoms with Crippen molar-refractivity contribution in [1.82, 2.24) is 0 Å². The molecule has 0 bridgehead atoms. The quantitative estimate of drug-likeness (QED) is 0.0360. The molecule has 75 heavy (non-hydrogen) atoms. The SMILES string of the molecule is C=CCC1O[C@@H]2C(O[C@@H]3CC(CCC4CC(=C)[C@H](CCC5CC(C)C(=C)C(CC6O[C@H](CC(CO[Si](CC)(CC)CC)O[Si](CC)(CC)CC)[C@H](OC)C6CC(=O)OC)O5)O4)OC23)C(OC)C1O[Si](CC)(CC)CC. The van der Waals surface area contributed by atoms with Crippen LogP contribution >= 0.6 is 0 Å². The first-order valence-electron chi connectivity index (χ1n) is 30.1. The van der Waals surface area contributed by atoms with E-state index in [9.17, 15) is 4.79 Å². The van der Waals surface area contributed by atoms with Crippen LogP contribution in [0.1, 0.15) is 140 Å². The van der Waals surface area contributed by atoms with Crippen LogP contribution < -0.4 is 0 Å². The predicted molar refractivity (Wildman–Crippen MR) is 305 cm³/mol. The van der Waals surface area contributed by atoms with E-state index in [1.54, 1.807) is 14.2 Å². The lowest BCUT2D eigenvalue weighted by Gasteiger charge is -2.47. The highest BCUT2D eigenvalue weighted by atomic mass is 28.4. The summed E-state index contributed by atoms with van der Waals surface area (Å²) in [5.41, 5.74) is 2.24. The van der Waals surface area contributed by atoms with Crippen LogP contribution in [0.4, 0.5) is 0 Å². The highest BCUT2D eigenvalue weighted by molar-refractivity contribution is 6.74. The van der Waals surface area contributed by atoms with Crippen molar-refractivity contribution in [2.45, 2.75) is 292 Å². The average Bonchev–Trinajstić information content (AvgIpc) is 4.18. The third-order valence-electron chi connectivity index (χ3n) is 19.7. The number of methoxy groups -OCH3 is 3. The summed E-state index contributed by atoms with van der Waals surface area (Å²) >= 11 is 0. The second-order valence-corrected chi connectivity index (χ2v) is 37.6. The maximum atomic E-state index is 13.1. The molecule has 6 aliphatic heterocycles. The molecule has 0 aromatic heterocycles. The fraction of sp³-hybridized carbons (Fsp3) is 0.881. The summed E-state index contributed by atoms with van der Waals surface area (Å²) in [4.78, 5) is 13.1. The lowest BCUT2D eigenvalue weighted by molar-refractivity contribution is -0.226. The molecule has 432 valence electrons. The van der Waals surface area contributed by atoms with Gasteiger partial charge in [0.15, 0.2) is 25.0 Å². The van der Waals surface area contributed by atoms with Gasteiger partial charge < -0.3 is 55.9 Å². The number of ether oxygens (including phenoxy) is 9. The number of carbonyl (C=O) groups excluding carboxylic acids is 1. The van der Waals surface area contributed by atoms with E-state index < -0.39 is 25.0 Å². The standard InChI is InChI=1S/C59H106O13Si3/c1-17-27-48-56(72-75(24-8,25-9)26-10)57(63-16)59-58(69-48)55-52(70-59)34-44(67-55)29-28-42-33-40(12)47(65-42)31-30-43-32-39(11)41(13)49(66-43)37-50-46(36-53(60)61-14)54(62-15)51(68-50)35-45(71-74(21-5,22-6)23-7)38-64-73(18-2,19-3)20-4/h17,39,42-52,54-59H,1,12-13,18-38H2,2-11,14-16H3/t39?,42?,43?,44?,45?,46?,47-,48?,49?,50?,51+,52+,54+,55?,56?,57?,58-,59?/m0/s1. The fourth-order valence-corrected chi connectivity index (χ4v) is 22.4. The van der Waals surface area contributed by atoms with Crippen molar-refractivity contribution in [2.75, 3.05) is 27.9 Å². The minimum absolute atomic E-state index is 0.0151. The number of fused-ring (bicyclic) bond motifs is 3. The zero-order valence-corrected chi connectivity index (χ0v) is 52.2. The molecule has 6 saturated heterocycles. The Morgan fingerprint density at radius 3 is 1.84 bits per heavy atom. The Morgan fingerprint density at radius 2 is 1.24 bits per heavy atom. The van der Waals surface area contributed by atoms with Crippen molar-refractivity contribution in [3.63, 3.8) is 0 Å². The predicted octanol–water partition coefficient (Wildman–Crippen LogP) is 12.4. The number of esters is 1. The van der Waals surface area contributed by atoms with Gasteiger partial charge in [-0.2, -0.15) is 0 Å². The molecule has 0 saturated carbocycles. The van der Waals surface area contributed by atoms with E-state index in [1.165, 1.54) is 7.11 Å². The lowest BCUT2D eigenvalue weighted by atomic mass is 9.82. The molecule has 0 aliphatic carbocycles. The maximum absolute atomic E-state index is 13.1. The van der Waals surface area contributed by atoms with Crippen LogP contribution in [0.2, 0.25) is 54.4 Å². The Hall–Kier alpha value is -1.10. The minimum atomic E-state index is -2.00. The Morgan fingerprint density at radius 1 is 0.640 bits per heavy atom. The van der Waals surface area contributed by atoms with Gasteiger partial charge in [-0.15, -0.1) is 6.58 Å². The van der Waals surface area contributed by atoms with Crippen LogP contribution in [0.5, 0.6) is 0 Å². The van der Waals surface area contributed by atoms with E-state index in [2.05, 4.69) is 89.0 Å². The monoisotopic (exact) mass is 1110 g/mol. The van der Waals surface area contributed by atoms with Crippen molar-refractivity contribution < 1.29 is 60.7 Å². The van der Waals surface area contributed by atoms with E-state index in [0.717, 1.165) is 110 Å². The van der Waals surface area contributed by atoms with Crippen LogP contribution in [-0.4, -0.2) is 157 Å². The Kier molecular flexibility index (Phi) is 24.4. The van der Waals surface area contributed by atoms with Crippen LogP contribution in [0.3, 0.4) is 0 Å². The van der Waals surface area contributed by atoms with Gasteiger partial charge in [0.25, 0.3) is 0 Å². The highest BCUT2D eigenvalue weighted by Crippen LogP contribution is 2.46. The number of hydrogen-bond acceptors (Lipinski definition) is 13. The zero-order valence-electron chi connectivity index (χ0n) is 49.2. The van der Waals surface area contributed by atoms with Gasteiger partial charge in [-0.3, -0.25) is 4.79 Å². The molecule has 0 aromatic carbocycles. The summed E-state index contributed by atoms with van der Waals surface area (Å²) in [6.07, 6.45) is 7.89. The van der Waals surface area contributed by atoms with Gasteiger partial charge in [0.1, 0.15) is 30.5 Å². The molecule has 0 aromatic rings. The summed E-state index contributed by atoms with van der Waals surface area (Å²) in [6.45, 7) is 36.4. The van der Waals surface area contributed by atoms with Crippen LogP contribution in [0.25, 0.3) is 0 Å². The summed E-state index contributed by atoms with van der Waals surface area (Å²) < 4.78 is 80.4. The first kappa shape index (κ1) is 63.1. The smallest absolute Gasteiger partial charge is 0.305 e. The molecular weight excluding hydrogens is 1000 g/mol. The molecule has 6 rings (SSSR count). The molecule has 6 aliphatic rings. The summed E-state index contributed by atoms with van der Waals surface area (Å²) in [6, 6.07) is 9.59. The van der Waals surface area contributed by atoms with Crippen molar-refractivity contribution in [1.29, 1.82) is 0 Å². The maximum Gasteiger partial charge on any atom is 0.305 e. The number of rotatable bonds is 32. The largest absolute Gasteiger partial charge is 0.469 e. The molecule has 6 fully saturated rings. The molecule has 0 spiro atoms. The fourth-order valence-electron chi connectivity index (χ4n) is 14.0. The van der Waals surface area contributed by atoms with Gasteiger partial charge in [-0.25, -0.2) is 0 Å². The second kappa shape index (κ2) is 29.0. The third-order valence-corrected chi connectivity index (χ3v) is 33.7. The summed E-state index contributed by atoms with van der Waals surface area (Å²) in [5, 5.41) is 0. The normalized spacial score (nSPS) is 35.7. The van der Waals surface area contributed by atoms with Gasteiger partial charge in [0.05, 0.1) is 87.3 Å². The summed E-state index contributed by atoms with van der Waals surface area (Å²) in [5.74, 6) is -0.213. The Balaban J connectivity index is 1.04. The van der Waals surface area contributed by atoms with Gasteiger partial charge >= 0.3 is 5.97 Å². The third kappa shape index (κ3) is 14.9. The molecule has 13 nitrogen and oxygen atoms in total. The van der Waals surface area contributed by atoms with Crippen molar-refractivity contribution in [2.24, 2.45) is 11.8 Å². The highest BCUT2D eigenvalue weighted by Gasteiger charge is 2.60. The van der Waals surface area contributed by atoms with E-state index in [4.69, 9.17) is 55.9 Å². The Labute approximate surface area is 458 Å². The molecule has 13 unspecified atom stereocenters. The van der Waals surface area contributed by atoms with Crippen molar-refractivity contribution >= 4 is 30.9 Å². The number of hydrogen-bond donors (Lipinski definition) is 0. The molecule has 0 radical (unpaired) electrons. The van der Waals surface area contributed by atoms with E-state index in [-0.39, 0.29) is 122 Å². The van der Waals surface area contributed by atoms with Gasteiger partial charge in [-0.05, 0) is 116 Å². The molecule has 16 heteroatoms. The van der Waals surface area contributed by atoms with Crippen LogP contribution in [0, 0.1) is 11.8 Å². The molecule has 0 amide bonds. The summed E-state index contributed by atoms with van der Waals surface area (Å²) in [7, 11) is -0.851. The van der Waals surface area contributed by atoms with Crippen molar-refractivity contribution in [3.05, 3.63) is 37.0 Å². The van der Waals surface area contributed by atoms with E-state index >= 15 is 0 Å². The van der Waals surface area contributed by atoms with Crippen LogP contribution in [-0.2, 0) is 60.7 Å². The topological polar surface area (TPSA) is 128 Å². The molecule has 18 atom stereocenters. The second-order valence-electron chi connectivity index (χ2n) is 23.4. The first-order chi connectivity index (χ1) is 36.0. The molecular formula is C59H106O13Si3. The Bertz CT molecular complexity index is 1770. The van der Waals surface area contributed by atoms with Gasteiger partial charge in [-0.1, -0.05) is 88.5 Å². The number of carbonyl (C=O) groups is 1. The molecule has 6 heterocycles. The van der Waals surface area contributed by atoms with Gasteiger partial charge in [0.2, 0.25) is 0 Å². The lowest BCUT2D eigenvalue weighted by Crippen LogP contribution is -2.62.